The fraction of sp³-hybridized carbons (Fsp3) is 0.692. The molecule has 114 valence electrons. The maximum absolute atomic E-state index is 12.8. The molecule has 0 unspecified atom stereocenters. The molecule has 0 saturated carbocycles. The summed E-state index contributed by atoms with van der Waals surface area (Å²) < 4.78 is 32.9. The van der Waals surface area contributed by atoms with E-state index in [-0.39, 0.29) is 0 Å². The maximum atomic E-state index is 12.8. The summed E-state index contributed by atoms with van der Waals surface area (Å²) in [5.74, 6) is 0. The van der Waals surface area contributed by atoms with Gasteiger partial charge in [0.1, 0.15) is 4.21 Å². The number of ether oxygens (including phenoxy) is 1. The summed E-state index contributed by atoms with van der Waals surface area (Å²) in [5.41, 5.74) is -0.497. The Morgan fingerprint density at radius 3 is 2.85 bits per heavy atom. The molecule has 0 spiro atoms. The lowest BCUT2D eigenvalue weighted by atomic mass is 10.1. The Balaban J connectivity index is 2.23. The minimum atomic E-state index is -3.43. The molecule has 0 radical (unpaired) electrons. The predicted molar refractivity (Wildman–Crippen MR) is 80.5 cm³/mol. The van der Waals surface area contributed by atoms with Crippen molar-refractivity contribution in [3.05, 3.63) is 17.0 Å². The Morgan fingerprint density at radius 2 is 2.20 bits per heavy atom. The smallest absolute Gasteiger partial charge is 0.253 e. The first kappa shape index (κ1) is 15.9. The van der Waals surface area contributed by atoms with Crippen molar-refractivity contribution in [2.45, 2.75) is 37.1 Å². The van der Waals surface area contributed by atoms with Gasteiger partial charge in [0.15, 0.2) is 0 Å². The zero-order valence-electron chi connectivity index (χ0n) is 12.2. The first-order valence-electron chi connectivity index (χ1n) is 6.78. The highest BCUT2D eigenvalue weighted by atomic mass is 32.2. The average Bonchev–Trinajstić information content (AvgIpc) is 2.85. The molecule has 20 heavy (non-hydrogen) atoms. The molecule has 0 amide bonds. The van der Waals surface area contributed by atoms with Crippen LogP contribution in [0.3, 0.4) is 0 Å². The van der Waals surface area contributed by atoms with Gasteiger partial charge in [-0.15, -0.1) is 11.3 Å². The van der Waals surface area contributed by atoms with Gasteiger partial charge in [-0.1, -0.05) is 6.92 Å². The Kier molecular flexibility index (Phi) is 4.86. The molecule has 0 bridgehead atoms. The first-order valence-corrected chi connectivity index (χ1v) is 9.03. The Labute approximate surface area is 125 Å². The van der Waals surface area contributed by atoms with E-state index in [9.17, 15) is 8.42 Å². The third-order valence-electron chi connectivity index (χ3n) is 3.30. The first-order chi connectivity index (χ1) is 9.38. The van der Waals surface area contributed by atoms with Gasteiger partial charge in [0.05, 0.1) is 18.8 Å². The van der Waals surface area contributed by atoms with Gasteiger partial charge >= 0.3 is 0 Å². The van der Waals surface area contributed by atoms with Crippen LogP contribution in [0.25, 0.3) is 0 Å². The van der Waals surface area contributed by atoms with Crippen LogP contribution in [0.15, 0.2) is 16.3 Å². The molecule has 1 fully saturated rings. The molecule has 1 aliphatic rings. The summed E-state index contributed by atoms with van der Waals surface area (Å²) in [6, 6.07) is 3.59. The molecule has 1 aliphatic heterocycles. The summed E-state index contributed by atoms with van der Waals surface area (Å²) in [5, 5.41) is 3.21. The number of nitrogens with one attached hydrogen (secondary N) is 1. The molecule has 2 heterocycles. The molecule has 1 saturated heterocycles. The van der Waals surface area contributed by atoms with E-state index < -0.39 is 15.6 Å². The van der Waals surface area contributed by atoms with Crippen molar-refractivity contribution in [2.75, 3.05) is 26.3 Å². The number of nitrogens with zero attached hydrogens (tertiary/aromatic N) is 1. The fourth-order valence-corrected chi connectivity index (χ4v) is 5.43. The van der Waals surface area contributed by atoms with Gasteiger partial charge in [0.2, 0.25) is 0 Å². The van der Waals surface area contributed by atoms with Crippen molar-refractivity contribution >= 4 is 21.4 Å². The Bertz CT molecular complexity index is 552. The van der Waals surface area contributed by atoms with E-state index in [4.69, 9.17) is 4.74 Å². The van der Waals surface area contributed by atoms with Crippen LogP contribution in [-0.2, 0) is 21.3 Å². The van der Waals surface area contributed by atoms with Crippen molar-refractivity contribution in [1.29, 1.82) is 0 Å². The lowest BCUT2D eigenvalue weighted by Crippen LogP contribution is -2.55. The van der Waals surface area contributed by atoms with Gasteiger partial charge < -0.3 is 10.1 Å². The van der Waals surface area contributed by atoms with Gasteiger partial charge in [-0.05, 0) is 32.5 Å². The molecule has 0 aliphatic carbocycles. The SMILES string of the molecule is CCNCc1ccc(S(=O)(=O)N2CCOCC2(C)C)s1. The number of sulfonamides is 1. The van der Waals surface area contributed by atoms with Crippen LogP contribution in [0.4, 0.5) is 0 Å². The average molecular weight is 318 g/mol. The van der Waals surface area contributed by atoms with Crippen LogP contribution in [-0.4, -0.2) is 44.6 Å². The number of hydrogen-bond acceptors (Lipinski definition) is 5. The highest BCUT2D eigenvalue weighted by Crippen LogP contribution is 2.31. The number of hydrogen-bond donors (Lipinski definition) is 1. The molecule has 2 rings (SSSR count). The Hall–Kier alpha value is -0.470. The summed E-state index contributed by atoms with van der Waals surface area (Å²) in [4.78, 5) is 1.04. The maximum Gasteiger partial charge on any atom is 0.253 e. The zero-order valence-corrected chi connectivity index (χ0v) is 13.8. The van der Waals surface area contributed by atoms with E-state index in [1.807, 2.05) is 26.8 Å². The molecule has 1 aromatic heterocycles. The number of morpholine rings is 1. The normalized spacial score (nSPS) is 20.1. The van der Waals surface area contributed by atoms with E-state index in [2.05, 4.69) is 5.32 Å². The Morgan fingerprint density at radius 1 is 1.45 bits per heavy atom. The van der Waals surface area contributed by atoms with E-state index in [0.29, 0.717) is 30.5 Å². The molecule has 0 aromatic carbocycles. The van der Waals surface area contributed by atoms with E-state index >= 15 is 0 Å². The summed E-state index contributed by atoms with van der Waals surface area (Å²) in [6.45, 7) is 8.71. The molecule has 7 heteroatoms. The van der Waals surface area contributed by atoms with Crippen molar-refractivity contribution < 1.29 is 13.2 Å². The second kappa shape index (κ2) is 6.11. The molecule has 5 nitrogen and oxygen atoms in total. The number of thiophene rings is 1. The third kappa shape index (κ3) is 3.23. The van der Waals surface area contributed by atoms with E-state index in [1.54, 1.807) is 10.4 Å². The quantitative estimate of drug-likeness (QED) is 0.897. The third-order valence-corrected chi connectivity index (χ3v) is 6.96. The van der Waals surface area contributed by atoms with E-state index in [1.165, 1.54) is 11.3 Å². The topological polar surface area (TPSA) is 58.6 Å². The van der Waals surface area contributed by atoms with Crippen LogP contribution in [0.1, 0.15) is 25.6 Å². The molecular formula is C13H22N2O3S2. The van der Waals surface area contributed by atoms with Gasteiger partial charge in [-0.25, -0.2) is 8.42 Å². The number of rotatable bonds is 5. The lowest BCUT2D eigenvalue weighted by Gasteiger charge is -2.40. The van der Waals surface area contributed by atoms with Crippen molar-refractivity contribution in [2.24, 2.45) is 0 Å². The zero-order chi connectivity index (χ0) is 14.8. The molecular weight excluding hydrogens is 296 g/mol. The summed E-state index contributed by atoms with van der Waals surface area (Å²) in [7, 11) is -3.43. The molecule has 1 aromatic rings. The largest absolute Gasteiger partial charge is 0.378 e. The minimum absolute atomic E-state index is 0.412. The molecule has 1 N–H and O–H groups in total. The summed E-state index contributed by atoms with van der Waals surface area (Å²) in [6.07, 6.45) is 0. The predicted octanol–water partition coefficient (Wildman–Crippen LogP) is 1.66. The highest BCUT2D eigenvalue weighted by Gasteiger charge is 2.40. The summed E-state index contributed by atoms with van der Waals surface area (Å²) >= 11 is 1.34. The van der Waals surface area contributed by atoms with Gasteiger partial charge in [0, 0.05) is 18.0 Å². The highest BCUT2D eigenvalue weighted by molar-refractivity contribution is 7.91. The van der Waals surface area contributed by atoms with Gasteiger partial charge in [0.25, 0.3) is 10.0 Å². The van der Waals surface area contributed by atoms with Crippen LogP contribution >= 0.6 is 11.3 Å². The second-order valence-electron chi connectivity index (χ2n) is 5.44. The van der Waals surface area contributed by atoms with Crippen molar-refractivity contribution in [1.82, 2.24) is 9.62 Å². The monoisotopic (exact) mass is 318 g/mol. The standard InChI is InChI=1S/C13H22N2O3S2/c1-4-14-9-11-5-6-12(19-11)20(16,17)15-7-8-18-10-13(15,2)3/h5-6,14H,4,7-10H2,1-3H3. The van der Waals surface area contributed by atoms with Crippen LogP contribution < -0.4 is 5.32 Å². The minimum Gasteiger partial charge on any atom is -0.378 e. The fourth-order valence-electron chi connectivity index (χ4n) is 2.24. The van der Waals surface area contributed by atoms with Crippen molar-refractivity contribution in [3.63, 3.8) is 0 Å². The van der Waals surface area contributed by atoms with Crippen LogP contribution in [0, 0.1) is 0 Å². The van der Waals surface area contributed by atoms with Crippen LogP contribution in [0.5, 0.6) is 0 Å². The van der Waals surface area contributed by atoms with Gasteiger partial charge in [-0.3, -0.25) is 0 Å². The van der Waals surface area contributed by atoms with Crippen LogP contribution in [0.2, 0.25) is 0 Å². The van der Waals surface area contributed by atoms with Gasteiger partial charge in [-0.2, -0.15) is 4.31 Å². The van der Waals surface area contributed by atoms with Crippen molar-refractivity contribution in [3.8, 4) is 0 Å². The second-order valence-corrected chi connectivity index (χ2v) is 8.70. The van der Waals surface area contributed by atoms with E-state index in [0.717, 1.165) is 11.4 Å². The lowest BCUT2D eigenvalue weighted by molar-refractivity contribution is -0.00761. The molecule has 0 atom stereocenters.